The minimum atomic E-state index is -1.67. The van der Waals surface area contributed by atoms with Crippen molar-refractivity contribution in [2.45, 2.75) is 40.6 Å². The van der Waals surface area contributed by atoms with E-state index in [2.05, 4.69) is 20.6 Å². The molecule has 4 atom stereocenters. The van der Waals surface area contributed by atoms with Gasteiger partial charge in [-0.1, -0.05) is 23.9 Å². The molecule has 15 nitrogen and oxygen atoms in total. The second-order valence-corrected chi connectivity index (χ2v) is 11.4. The first-order chi connectivity index (χ1) is 19.5. The van der Waals surface area contributed by atoms with Gasteiger partial charge in [0.05, 0.1) is 0 Å². The molecule has 4 heterocycles. The number of carboxylic acids is 2. The Morgan fingerprint density at radius 3 is 2.68 bits per heavy atom. The molecule has 2 amide bonds. The van der Waals surface area contributed by atoms with Gasteiger partial charge in [-0.2, -0.15) is 14.7 Å². The third-order valence-electron chi connectivity index (χ3n) is 6.45. The lowest BCUT2D eigenvalue weighted by Crippen LogP contribution is -2.71. The summed E-state index contributed by atoms with van der Waals surface area (Å²) in [5.74, 6) is -4.17. The van der Waals surface area contributed by atoms with Gasteiger partial charge in [0.15, 0.2) is 11.8 Å². The third kappa shape index (κ3) is 5.50. The smallest absolute Gasteiger partial charge is 0.364 e. The number of thioether (sulfide) groups is 2. The number of phenols is 1. The molecule has 17 heteroatoms. The number of carboxylic acid groups (broad SMARTS) is 2. The van der Waals surface area contributed by atoms with Crippen LogP contribution < -0.4 is 11.0 Å². The number of aliphatic carboxylic acids is 2. The van der Waals surface area contributed by atoms with Crippen LogP contribution in [0.15, 0.2) is 57.5 Å². The minimum Gasteiger partial charge on any atom is -0.508 e. The number of phenolic OH excluding ortho intramolecular Hbond substituents is 1. The summed E-state index contributed by atoms with van der Waals surface area (Å²) in [6.45, 7) is 0. The van der Waals surface area contributed by atoms with Gasteiger partial charge in [-0.25, -0.2) is 14.7 Å². The van der Waals surface area contributed by atoms with Gasteiger partial charge in [0.25, 0.3) is 11.8 Å². The van der Waals surface area contributed by atoms with Crippen molar-refractivity contribution in [2.24, 2.45) is 0 Å². The molecular formula is C24H22N6O9S2. The van der Waals surface area contributed by atoms with Gasteiger partial charge in [-0.3, -0.25) is 19.3 Å². The molecule has 2 aromatic heterocycles. The van der Waals surface area contributed by atoms with Crippen LogP contribution in [0.25, 0.3) is 5.65 Å². The fraction of sp³-hybridized carbons (Fsp3) is 0.292. The number of carbonyl (C=O) groups is 4. The lowest BCUT2D eigenvalue weighted by molar-refractivity contribution is -0.151. The molecule has 3 aromatic rings. The molecule has 1 aromatic carbocycles. The highest BCUT2D eigenvalue weighted by Crippen LogP contribution is 2.44. The monoisotopic (exact) mass is 602 g/mol. The van der Waals surface area contributed by atoms with E-state index in [1.807, 2.05) is 0 Å². The van der Waals surface area contributed by atoms with Gasteiger partial charge in [0.2, 0.25) is 0 Å². The standard InChI is InChI=1S/C24H22N6O9S2/c31-11-3-1-2-10(8-11)19(34)20(35)25-17-21(36)29-18(23(37)38)12(9-40-22(17)29)13(4-7-16(32)33)41-15-6-5-14-26-27-24(39)30(14)28-15/h1-3,5-6,8,13,17,19,22,31,34H,4,7,9H2,(H,25,35)(H,27,39)(H,32,33)(H,37,38)/t13?,17?,19?,22-/m0/s1. The van der Waals surface area contributed by atoms with E-state index in [9.17, 15) is 44.4 Å². The third-order valence-corrected chi connectivity index (χ3v) is 9.02. The zero-order valence-corrected chi connectivity index (χ0v) is 22.5. The first-order valence-corrected chi connectivity index (χ1v) is 14.0. The number of benzene rings is 1. The van der Waals surface area contributed by atoms with Crippen LogP contribution in [0.4, 0.5) is 0 Å². The predicted octanol–water partition coefficient (Wildman–Crippen LogP) is -0.0791. The highest BCUT2D eigenvalue weighted by molar-refractivity contribution is 8.01. The quantitative estimate of drug-likeness (QED) is 0.132. The molecule has 1 fully saturated rings. The molecule has 0 saturated carbocycles. The summed E-state index contributed by atoms with van der Waals surface area (Å²) in [7, 11) is 0. The summed E-state index contributed by atoms with van der Waals surface area (Å²) in [5, 5.41) is 50.9. The van der Waals surface area contributed by atoms with Crippen molar-refractivity contribution in [2.75, 3.05) is 5.75 Å². The van der Waals surface area contributed by atoms with Crippen LogP contribution in [0.5, 0.6) is 5.75 Å². The van der Waals surface area contributed by atoms with Crippen molar-refractivity contribution < 1.29 is 39.6 Å². The molecule has 0 aliphatic carbocycles. The molecule has 6 N–H and O–H groups in total. The van der Waals surface area contributed by atoms with Crippen LogP contribution in [0, 0.1) is 0 Å². The van der Waals surface area contributed by atoms with Crippen LogP contribution in [0.3, 0.4) is 0 Å². The molecule has 41 heavy (non-hydrogen) atoms. The fourth-order valence-corrected chi connectivity index (χ4v) is 7.19. The largest absolute Gasteiger partial charge is 0.508 e. The van der Waals surface area contributed by atoms with E-state index >= 15 is 0 Å². The molecule has 2 aliphatic heterocycles. The van der Waals surface area contributed by atoms with Crippen molar-refractivity contribution >= 4 is 52.9 Å². The number of amides is 2. The SMILES string of the molecule is O=C(O)CCC(Sc1ccc2n[nH]c(=O)n2n1)C1=C(C(=O)O)N2C(=O)C(NC(=O)C(O)c3cccc(O)c3)[C@@H]2SC1. The normalized spacial score (nSPS) is 19.8. The number of rotatable bonds is 10. The van der Waals surface area contributed by atoms with Crippen LogP contribution in [0.1, 0.15) is 24.5 Å². The Kier molecular flexibility index (Phi) is 7.74. The number of aromatic nitrogens is 4. The van der Waals surface area contributed by atoms with Gasteiger partial charge in [-0.15, -0.1) is 11.8 Å². The highest BCUT2D eigenvalue weighted by Gasteiger charge is 2.55. The van der Waals surface area contributed by atoms with E-state index in [0.717, 1.165) is 21.2 Å². The number of β-lactam (4-membered cyclic amide) rings is 1. The number of aliphatic hydroxyl groups is 1. The average Bonchev–Trinajstić information content (AvgIpc) is 3.32. The number of aromatic amines is 1. The Morgan fingerprint density at radius 1 is 1.20 bits per heavy atom. The molecule has 214 valence electrons. The molecule has 5 rings (SSSR count). The zero-order valence-electron chi connectivity index (χ0n) is 20.8. The lowest BCUT2D eigenvalue weighted by Gasteiger charge is -2.50. The van der Waals surface area contributed by atoms with Crippen LogP contribution in [-0.2, 0) is 19.2 Å². The molecule has 1 saturated heterocycles. The minimum absolute atomic E-state index is 0.00957. The van der Waals surface area contributed by atoms with Crippen LogP contribution >= 0.6 is 23.5 Å². The molecule has 2 aliphatic rings. The van der Waals surface area contributed by atoms with E-state index in [0.29, 0.717) is 10.6 Å². The second-order valence-electron chi connectivity index (χ2n) is 9.08. The Labute approximate surface area is 238 Å². The van der Waals surface area contributed by atoms with Gasteiger partial charge >= 0.3 is 17.6 Å². The second kappa shape index (κ2) is 11.3. The number of nitrogens with zero attached hydrogens (tertiary/aromatic N) is 4. The maximum Gasteiger partial charge on any atom is 0.364 e. The highest BCUT2D eigenvalue weighted by atomic mass is 32.2. The van der Waals surface area contributed by atoms with Crippen molar-refractivity contribution in [1.29, 1.82) is 0 Å². The van der Waals surface area contributed by atoms with Crippen molar-refractivity contribution in [1.82, 2.24) is 30.0 Å². The number of hydrogen-bond acceptors (Lipinski definition) is 11. The molecule has 0 spiro atoms. The van der Waals surface area contributed by atoms with Crippen LogP contribution in [-0.4, -0.2) is 91.3 Å². The number of hydrogen-bond donors (Lipinski definition) is 6. The Hall–Kier alpha value is -4.35. The summed E-state index contributed by atoms with van der Waals surface area (Å²) >= 11 is 2.24. The van der Waals surface area contributed by atoms with Gasteiger partial charge in [0, 0.05) is 17.4 Å². The van der Waals surface area contributed by atoms with Crippen molar-refractivity contribution in [3.05, 3.63) is 63.7 Å². The van der Waals surface area contributed by atoms with E-state index < -0.39 is 52.2 Å². The Balaban J connectivity index is 1.39. The summed E-state index contributed by atoms with van der Waals surface area (Å²) in [5.41, 5.74) is -0.235. The summed E-state index contributed by atoms with van der Waals surface area (Å²) in [4.78, 5) is 62.6. The van der Waals surface area contributed by atoms with E-state index in [-0.39, 0.29) is 41.3 Å². The van der Waals surface area contributed by atoms with E-state index in [1.165, 1.54) is 42.1 Å². The van der Waals surface area contributed by atoms with Crippen molar-refractivity contribution in [3.8, 4) is 5.75 Å². The maximum atomic E-state index is 13.1. The Bertz CT molecular complexity index is 1650. The van der Waals surface area contributed by atoms with Gasteiger partial charge in [-0.05, 0) is 41.8 Å². The lowest BCUT2D eigenvalue weighted by atomic mass is 9.99. The molecular weight excluding hydrogens is 580 g/mol. The summed E-state index contributed by atoms with van der Waals surface area (Å²) in [6, 6.07) is 7.42. The van der Waals surface area contributed by atoms with Gasteiger partial charge < -0.3 is 25.7 Å². The Morgan fingerprint density at radius 2 is 1.98 bits per heavy atom. The molecule has 0 bridgehead atoms. The van der Waals surface area contributed by atoms with Crippen molar-refractivity contribution in [3.63, 3.8) is 0 Å². The molecule has 0 radical (unpaired) electrons. The van der Waals surface area contributed by atoms with E-state index in [1.54, 1.807) is 6.07 Å². The number of aliphatic hydroxyl groups excluding tert-OH is 1. The zero-order chi connectivity index (χ0) is 29.4. The van der Waals surface area contributed by atoms with Gasteiger partial charge in [0.1, 0.15) is 27.9 Å². The maximum absolute atomic E-state index is 13.1. The predicted molar refractivity (Wildman–Crippen MR) is 143 cm³/mol. The first-order valence-electron chi connectivity index (χ1n) is 12.1. The summed E-state index contributed by atoms with van der Waals surface area (Å²) < 4.78 is 1.02. The number of carbonyl (C=O) groups excluding carboxylic acids is 2. The average molecular weight is 603 g/mol. The van der Waals surface area contributed by atoms with Crippen LogP contribution in [0.2, 0.25) is 0 Å². The number of nitrogens with one attached hydrogen (secondary N) is 2. The fourth-order valence-electron chi connectivity index (χ4n) is 4.52. The number of fused-ring (bicyclic) bond motifs is 2. The molecule has 3 unspecified atom stereocenters. The number of aromatic hydroxyl groups is 1. The first kappa shape index (κ1) is 28.2. The summed E-state index contributed by atoms with van der Waals surface area (Å²) in [6.07, 6.45) is -1.96. The number of H-pyrrole nitrogens is 1. The van der Waals surface area contributed by atoms with E-state index in [4.69, 9.17) is 0 Å². The topological polar surface area (TPSA) is 228 Å².